The van der Waals surface area contributed by atoms with Crippen molar-refractivity contribution in [1.82, 2.24) is 0 Å². The van der Waals surface area contributed by atoms with E-state index in [0.29, 0.717) is 0 Å². The van der Waals surface area contributed by atoms with Crippen molar-refractivity contribution in [1.29, 1.82) is 0 Å². The number of hydrogen-bond donors (Lipinski definition) is 0. The minimum atomic E-state index is -3.20. The topological polar surface area (TPSA) is 9.23 Å². The molecule has 0 aliphatic carbocycles. The van der Waals surface area contributed by atoms with Crippen molar-refractivity contribution in [2.75, 3.05) is 0 Å². The maximum Gasteiger partial charge on any atom is 0.411 e. The van der Waals surface area contributed by atoms with Gasteiger partial charge in [-0.05, 0) is 0 Å². The summed E-state index contributed by atoms with van der Waals surface area (Å²) in [6, 6.07) is 0. The Morgan fingerprint density at radius 1 is 1.08 bits per heavy atom. The van der Waals surface area contributed by atoms with Crippen LogP contribution in [0.25, 0.3) is 0 Å². The number of halogens is 7. The van der Waals surface area contributed by atoms with Gasteiger partial charge < -0.3 is 4.43 Å². The van der Waals surface area contributed by atoms with Gasteiger partial charge in [-0.15, -0.1) is 57.0 Å². The van der Waals surface area contributed by atoms with Crippen molar-refractivity contribution in [3.05, 3.63) is 0 Å². The summed E-state index contributed by atoms with van der Waals surface area (Å²) < 4.78 is 3.32. The van der Waals surface area contributed by atoms with Gasteiger partial charge in [-0.3, -0.25) is 0 Å². The Morgan fingerprint density at radius 2 is 1.54 bits per heavy atom. The summed E-state index contributed by atoms with van der Waals surface area (Å²) >= 11 is 40.5. The maximum absolute atomic E-state index is 5.84. The lowest BCUT2D eigenvalue weighted by molar-refractivity contribution is 0.215. The molecule has 0 aromatic rings. The molecule has 0 bridgehead atoms. The van der Waals surface area contributed by atoms with E-state index >= 15 is 0 Å². The van der Waals surface area contributed by atoms with Crippen molar-refractivity contribution < 1.29 is 4.43 Å². The van der Waals surface area contributed by atoms with Crippen molar-refractivity contribution in [2.45, 2.75) is 20.3 Å². The van der Waals surface area contributed by atoms with E-state index in [1.54, 1.807) is 0 Å². The minimum absolute atomic E-state index is 0.728. The molecule has 1 aliphatic rings. The molecule has 0 spiro atoms. The average molecular weight is 343 g/mol. The molecule has 1 nitrogen and oxygen atoms in total. The van der Waals surface area contributed by atoms with Gasteiger partial charge in [0.25, 0.3) is 0 Å². The average Bonchev–Trinajstić information content (AvgIpc) is 1.96. The summed E-state index contributed by atoms with van der Waals surface area (Å²) in [5.74, 6) is 0. The highest BCUT2D eigenvalue weighted by molar-refractivity contribution is 7.44. The Labute approximate surface area is 111 Å². The van der Waals surface area contributed by atoms with Crippen LogP contribution in [0.1, 0.15) is 0 Å². The van der Waals surface area contributed by atoms with E-state index in [9.17, 15) is 0 Å². The number of alkyl halides is 5. The van der Waals surface area contributed by atoms with Gasteiger partial charge in [0.05, 0.1) is 10.4 Å². The molecule has 0 radical (unpaired) electrons. The quantitative estimate of drug-likeness (QED) is 0.368. The lowest BCUT2D eigenvalue weighted by atomic mass is 10.3. The van der Waals surface area contributed by atoms with Gasteiger partial charge >= 0.3 is 6.94 Å². The second-order valence-electron chi connectivity index (χ2n) is 2.47. The highest BCUT2D eigenvalue weighted by atomic mass is 35.7. The van der Waals surface area contributed by atoms with Crippen LogP contribution in [-0.4, -0.2) is 27.2 Å². The van der Waals surface area contributed by atoms with E-state index in [4.69, 9.17) is 84.6 Å². The molecule has 3 atom stereocenters. The van der Waals surface area contributed by atoms with Crippen molar-refractivity contribution in [3.8, 4) is 0 Å². The van der Waals surface area contributed by atoms with Gasteiger partial charge in [-0.25, -0.2) is 0 Å². The largest absolute Gasteiger partial charge is 0.411 e. The second-order valence-corrected chi connectivity index (χ2v) is 11.5. The molecule has 0 amide bonds. The maximum atomic E-state index is 5.84. The van der Waals surface area contributed by atoms with Gasteiger partial charge in [-0.2, -0.15) is 0 Å². The van der Waals surface area contributed by atoms with Gasteiger partial charge in [0.2, 0.25) is 4.52 Å². The summed E-state index contributed by atoms with van der Waals surface area (Å²) in [4.78, 5) is 0. The first-order valence-corrected chi connectivity index (χ1v) is 9.14. The van der Waals surface area contributed by atoms with Crippen LogP contribution in [0.5, 0.6) is 0 Å². The van der Waals surface area contributed by atoms with Crippen molar-refractivity contribution in [3.63, 3.8) is 0 Å². The second kappa shape index (κ2) is 4.23. The third kappa shape index (κ3) is 2.66. The predicted octanol–water partition coefficient (Wildman–Crippen LogP) is 3.93. The van der Waals surface area contributed by atoms with Crippen LogP contribution in [0, 0.1) is 0 Å². The Morgan fingerprint density at radius 3 is 2.00 bits per heavy atom. The van der Waals surface area contributed by atoms with E-state index < -0.39 is 27.2 Å². The zero-order valence-electron chi connectivity index (χ0n) is 5.79. The lowest BCUT2D eigenvalue weighted by Gasteiger charge is -2.41. The fourth-order valence-corrected chi connectivity index (χ4v) is 6.96. The standard InChI is InChI=1S/C4H3Cl7OSi/c5-1-2(6)4(8,9)12-13(10,11)3(1)7/h1-3H. The summed E-state index contributed by atoms with van der Waals surface area (Å²) in [6.07, 6.45) is 0. The van der Waals surface area contributed by atoms with Crippen LogP contribution >= 0.6 is 80.2 Å². The molecule has 1 fully saturated rings. The third-order valence-corrected chi connectivity index (χ3v) is 9.46. The fraction of sp³-hybridized carbons (Fsp3) is 1.00. The van der Waals surface area contributed by atoms with Crippen LogP contribution in [0.4, 0.5) is 0 Å². The molecular weight excluding hydrogens is 340 g/mol. The molecule has 3 unspecified atom stereocenters. The van der Waals surface area contributed by atoms with Gasteiger partial charge in [0.15, 0.2) is 0 Å². The number of rotatable bonds is 0. The van der Waals surface area contributed by atoms with E-state index in [0.717, 1.165) is 0 Å². The SMILES string of the molecule is ClC1C(Cl)C(Cl)(Cl)O[Si](Cl)(Cl)C1Cl. The summed E-state index contributed by atoms with van der Waals surface area (Å²) in [5.41, 5.74) is 0. The van der Waals surface area contributed by atoms with Gasteiger partial charge in [0, 0.05) is 0 Å². The summed E-state index contributed by atoms with van der Waals surface area (Å²) in [5, 5.41) is -2.35. The molecule has 1 aliphatic heterocycles. The zero-order chi connectivity index (χ0) is 10.4. The van der Waals surface area contributed by atoms with E-state index in [-0.39, 0.29) is 0 Å². The van der Waals surface area contributed by atoms with E-state index in [1.165, 1.54) is 0 Å². The Kier molecular flexibility index (Phi) is 4.32. The van der Waals surface area contributed by atoms with Crippen LogP contribution in [0.15, 0.2) is 0 Å². The normalized spacial score (nSPS) is 43.2. The Hall–Kier alpha value is 2.21. The van der Waals surface area contributed by atoms with Crippen LogP contribution in [0.3, 0.4) is 0 Å². The Balaban J connectivity index is 2.93. The van der Waals surface area contributed by atoms with Crippen LogP contribution in [-0.2, 0) is 4.43 Å². The summed E-state index contributed by atoms with van der Waals surface area (Å²) in [6.45, 7) is -3.20. The summed E-state index contributed by atoms with van der Waals surface area (Å²) in [7, 11) is 0. The third-order valence-electron chi connectivity index (χ3n) is 1.47. The van der Waals surface area contributed by atoms with Gasteiger partial charge in [0.1, 0.15) is 5.38 Å². The molecule has 1 heterocycles. The van der Waals surface area contributed by atoms with Gasteiger partial charge in [-0.1, -0.05) is 23.2 Å². The molecular formula is C4H3Cl7OSi. The monoisotopic (exact) mass is 340 g/mol. The smallest absolute Gasteiger partial charge is 0.358 e. The molecule has 78 valence electrons. The fourth-order valence-electron chi connectivity index (χ4n) is 0.813. The molecule has 9 heteroatoms. The first-order chi connectivity index (χ1) is 5.68. The van der Waals surface area contributed by atoms with E-state index in [2.05, 4.69) is 0 Å². The molecule has 13 heavy (non-hydrogen) atoms. The zero-order valence-corrected chi connectivity index (χ0v) is 12.1. The predicted molar refractivity (Wildman–Crippen MR) is 61.9 cm³/mol. The van der Waals surface area contributed by atoms with Crippen molar-refractivity contribution in [2.24, 2.45) is 0 Å². The first-order valence-electron chi connectivity index (χ1n) is 3.06. The minimum Gasteiger partial charge on any atom is -0.358 e. The molecule has 0 aromatic carbocycles. The highest BCUT2D eigenvalue weighted by Crippen LogP contribution is 2.48. The van der Waals surface area contributed by atoms with Crippen LogP contribution in [0.2, 0.25) is 0 Å². The van der Waals surface area contributed by atoms with Crippen LogP contribution < -0.4 is 0 Å². The molecule has 0 saturated carbocycles. The molecule has 1 rings (SSSR count). The Bertz CT molecular complexity index is 189. The lowest BCUT2D eigenvalue weighted by Crippen LogP contribution is -2.59. The van der Waals surface area contributed by atoms with E-state index in [1.807, 2.05) is 0 Å². The number of hydrogen-bond acceptors (Lipinski definition) is 1. The molecule has 0 N–H and O–H groups in total. The molecule has 0 aromatic heterocycles. The first kappa shape index (κ1) is 13.3. The van der Waals surface area contributed by atoms with Crippen molar-refractivity contribution >= 4 is 87.1 Å². The highest BCUT2D eigenvalue weighted by Gasteiger charge is 2.60. The molecule has 1 saturated heterocycles.